The molecular formula is C20H29N3O4. The van der Waals surface area contributed by atoms with Crippen molar-refractivity contribution >= 4 is 5.91 Å². The standard InChI is InChI=1S/C20H29N3O4/c1-7-13(4)18(21-17(24)10-12(2)3)20-22-19(23-27-20)14-8-9-15(25-5)16(11-14)26-6/h8-9,11-13,18H,7,10H2,1-6H3,(H,21,24)/t13-,18-/m0/s1. The van der Waals surface area contributed by atoms with Crippen LogP contribution in [-0.2, 0) is 4.79 Å². The van der Waals surface area contributed by atoms with E-state index in [4.69, 9.17) is 14.0 Å². The van der Waals surface area contributed by atoms with Gasteiger partial charge in [0.2, 0.25) is 17.6 Å². The first-order valence-corrected chi connectivity index (χ1v) is 9.24. The molecule has 148 valence electrons. The van der Waals surface area contributed by atoms with Crippen LogP contribution in [0, 0.1) is 11.8 Å². The number of nitrogens with one attached hydrogen (secondary N) is 1. The van der Waals surface area contributed by atoms with Gasteiger partial charge in [0.1, 0.15) is 6.04 Å². The Kier molecular flexibility index (Phi) is 7.21. The summed E-state index contributed by atoms with van der Waals surface area (Å²) in [5.41, 5.74) is 0.749. The second-order valence-corrected chi connectivity index (χ2v) is 7.05. The summed E-state index contributed by atoms with van der Waals surface area (Å²) >= 11 is 0. The van der Waals surface area contributed by atoms with E-state index in [0.29, 0.717) is 29.6 Å². The fourth-order valence-corrected chi connectivity index (χ4v) is 2.74. The molecule has 0 saturated carbocycles. The van der Waals surface area contributed by atoms with E-state index in [1.807, 2.05) is 19.9 Å². The molecule has 1 aromatic carbocycles. The maximum atomic E-state index is 12.3. The van der Waals surface area contributed by atoms with Crippen LogP contribution in [0.4, 0.5) is 0 Å². The predicted octanol–water partition coefficient (Wildman–Crippen LogP) is 4.00. The Morgan fingerprint density at radius 2 is 1.89 bits per heavy atom. The number of hydrogen-bond acceptors (Lipinski definition) is 6. The molecule has 0 bridgehead atoms. The Morgan fingerprint density at radius 1 is 1.19 bits per heavy atom. The zero-order chi connectivity index (χ0) is 20.0. The summed E-state index contributed by atoms with van der Waals surface area (Å²) in [6.07, 6.45) is 1.34. The molecule has 0 aliphatic heterocycles. The minimum Gasteiger partial charge on any atom is -0.493 e. The Balaban J connectivity index is 2.28. The number of aromatic nitrogens is 2. The number of carbonyl (C=O) groups excluding carboxylic acids is 1. The molecule has 1 amide bonds. The minimum absolute atomic E-state index is 0.0128. The van der Waals surface area contributed by atoms with Crippen LogP contribution < -0.4 is 14.8 Å². The van der Waals surface area contributed by atoms with Crippen molar-refractivity contribution in [2.24, 2.45) is 11.8 Å². The van der Waals surface area contributed by atoms with E-state index in [2.05, 4.69) is 29.3 Å². The normalized spacial score (nSPS) is 13.3. The van der Waals surface area contributed by atoms with Gasteiger partial charge in [-0.2, -0.15) is 4.98 Å². The average Bonchev–Trinajstić information content (AvgIpc) is 3.14. The van der Waals surface area contributed by atoms with Gasteiger partial charge in [-0.3, -0.25) is 4.79 Å². The van der Waals surface area contributed by atoms with Crippen molar-refractivity contribution in [2.75, 3.05) is 14.2 Å². The molecule has 7 nitrogen and oxygen atoms in total. The van der Waals surface area contributed by atoms with E-state index in [-0.39, 0.29) is 23.8 Å². The van der Waals surface area contributed by atoms with Gasteiger partial charge in [-0.15, -0.1) is 0 Å². The van der Waals surface area contributed by atoms with E-state index in [9.17, 15) is 4.79 Å². The molecule has 1 N–H and O–H groups in total. The maximum Gasteiger partial charge on any atom is 0.249 e. The summed E-state index contributed by atoms with van der Waals surface area (Å²) in [5.74, 6) is 2.51. The molecule has 1 heterocycles. The molecule has 2 atom stereocenters. The van der Waals surface area contributed by atoms with Crippen molar-refractivity contribution in [2.45, 2.75) is 46.6 Å². The van der Waals surface area contributed by atoms with Crippen LogP contribution in [0.25, 0.3) is 11.4 Å². The zero-order valence-corrected chi connectivity index (χ0v) is 16.9. The highest BCUT2D eigenvalue weighted by Crippen LogP contribution is 2.32. The van der Waals surface area contributed by atoms with Gasteiger partial charge in [0.15, 0.2) is 11.5 Å². The summed E-state index contributed by atoms with van der Waals surface area (Å²) in [6, 6.07) is 5.11. The van der Waals surface area contributed by atoms with Crippen molar-refractivity contribution in [1.29, 1.82) is 0 Å². The van der Waals surface area contributed by atoms with Crippen LogP contribution >= 0.6 is 0 Å². The molecular weight excluding hydrogens is 346 g/mol. The third-order valence-electron chi connectivity index (χ3n) is 4.47. The van der Waals surface area contributed by atoms with Crippen LogP contribution in [0.5, 0.6) is 11.5 Å². The molecule has 1 aromatic heterocycles. The zero-order valence-electron chi connectivity index (χ0n) is 16.9. The van der Waals surface area contributed by atoms with Crippen LogP contribution in [0.2, 0.25) is 0 Å². The number of carbonyl (C=O) groups is 1. The van der Waals surface area contributed by atoms with Crippen molar-refractivity contribution in [3.8, 4) is 22.9 Å². The molecule has 0 saturated heterocycles. The quantitative estimate of drug-likeness (QED) is 0.713. The molecule has 7 heteroatoms. The third kappa shape index (κ3) is 5.21. The van der Waals surface area contributed by atoms with Gasteiger partial charge in [-0.05, 0) is 30.0 Å². The summed E-state index contributed by atoms with van der Waals surface area (Å²) in [7, 11) is 3.16. The molecule has 0 unspecified atom stereocenters. The van der Waals surface area contributed by atoms with Gasteiger partial charge in [-0.1, -0.05) is 39.3 Å². The van der Waals surface area contributed by atoms with Crippen LogP contribution in [0.1, 0.15) is 52.5 Å². The number of ether oxygens (including phenoxy) is 2. The fourth-order valence-electron chi connectivity index (χ4n) is 2.74. The van der Waals surface area contributed by atoms with Crippen LogP contribution in [-0.4, -0.2) is 30.3 Å². The third-order valence-corrected chi connectivity index (χ3v) is 4.47. The Morgan fingerprint density at radius 3 is 2.48 bits per heavy atom. The van der Waals surface area contributed by atoms with Gasteiger partial charge < -0.3 is 19.3 Å². The minimum atomic E-state index is -0.317. The molecule has 2 aromatic rings. The molecule has 27 heavy (non-hydrogen) atoms. The van der Waals surface area contributed by atoms with Crippen molar-refractivity contribution in [1.82, 2.24) is 15.5 Å². The number of methoxy groups -OCH3 is 2. The predicted molar refractivity (Wildman–Crippen MR) is 103 cm³/mol. The fraction of sp³-hybridized carbons (Fsp3) is 0.550. The maximum absolute atomic E-state index is 12.3. The summed E-state index contributed by atoms with van der Waals surface area (Å²) < 4.78 is 16.1. The lowest BCUT2D eigenvalue weighted by molar-refractivity contribution is -0.123. The van der Waals surface area contributed by atoms with Crippen molar-refractivity contribution in [3.63, 3.8) is 0 Å². The van der Waals surface area contributed by atoms with E-state index in [1.165, 1.54) is 0 Å². The van der Waals surface area contributed by atoms with Crippen molar-refractivity contribution < 1.29 is 18.8 Å². The second kappa shape index (κ2) is 9.39. The van der Waals surface area contributed by atoms with E-state index in [1.54, 1.807) is 26.4 Å². The first-order chi connectivity index (χ1) is 12.9. The highest BCUT2D eigenvalue weighted by molar-refractivity contribution is 5.76. The first-order valence-electron chi connectivity index (χ1n) is 9.24. The monoisotopic (exact) mass is 375 g/mol. The van der Waals surface area contributed by atoms with Crippen molar-refractivity contribution in [3.05, 3.63) is 24.1 Å². The van der Waals surface area contributed by atoms with E-state index in [0.717, 1.165) is 12.0 Å². The van der Waals surface area contributed by atoms with E-state index >= 15 is 0 Å². The van der Waals surface area contributed by atoms with Gasteiger partial charge in [0.25, 0.3) is 0 Å². The van der Waals surface area contributed by atoms with Crippen LogP contribution in [0.3, 0.4) is 0 Å². The lowest BCUT2D eigenvalue weighted by atomic mass is 9.98. The number of benzene rings is 1. The number of hydrogen-bond donors (Lipinski definition) is 1. The lowest BCUT2D eigenvalue weighted by Gasteiger charge is -2.21. The molecule has 0 fully saturated rings. The highest BCUT2D eigenvalue weighted by Gasteiger charge is 2.26. The number of nitrogens with zero attached hydrogens (tertiary/aromatic N) is 2. The number of rotatable bonds is 9. The molecule has 0 radical (unpaired) electrons. The molecule has 0 aliphatic carbocycles. The summed E-state index contributed by atoms with van der Waals surface area (Å²) in [4.78, 5) is 16.8. The Bertz CT molecular complexity index is 757. The van der Waals surface area contributed by atoms with Gasteiger partial charge in [0.05, 0.1) is 14.2 Å². The smallest absolute Gasteiger partial charge is 0.249 e. The van der Waals surface area contributed by atoms with Crippen LogP contribution in [0.15, 0.2) is 22.7 Å². The topological polar surface area (TPSA) is 86.5 Å². The highest BCUT2D eigenvalue weighted by atomic mass is 16.5. The summed E-state index contributed by atoms with van der Waals surface area (Å²) in [6.45, 7) is 8.15. The SMILES string of the molecule is CC[C@H](C)[C@H](NC(=O)CC(C)C)c1nc(-c2ccc(OC)c(OC)c2)no1. The largest absolute Gasteiger partial charge is 0.493 e. The average molecular weight is 375 g/mol. The Hall–Kier alpha value is -2.57. The lowest BCUT2D eigenvalue weighted by Crippen LogP contribution is -2.33. The Labute approximate surface area is 160 Å². The molecule has 0 spiro atoms. The van der Waals surface area contributed by atoms with Gasteiger partial charge in [-0.25, -0.2) is 0 Å². The molecule has 0 aliphatic rings. The van der Waals surface area contributed by atoms with E-state index < -0.39 is 0 Å². The summed E-state index contributed by atoms with van der Waals surface area (Å²) in [5, 5.41) is 7.13. The first kappa shape index (κ1) is 20.7. The van der Waals surface area contributed by atoms with Gasteiger partial charge in [0, 0.05) is 12.0 Å². The molecule has 2 rings (SSSR count). The second-order valence-electron chi connectivity index (χ2n) is 7.05. The van der Waals surface area contributed by atoms with Gasteiger partial charge >= 0.3 is 0 Å². The number of amides is 1.